The Morgan fingerprint density at radius 3 is 2.52 bits per heavy atom. The Morgan fingerprint density at radius 1 is 1.22 bits per heavy atom. The molecule has 1 aliphatic heterocycles. The average Bonchev–Trinajstić information content (AvgIpc) is 2.64. The number of carbonyl (C=O) groups excluding carboxylic acids is 2. The summed E-state index contributed by atoms with van der Waals surface area (Å²) in [6, 6.07) is 6.28. The van der Waals surface area contributed by atoms with E-state index in [1.165, 1.54) is 12.8 Å². The maximum Gasteiger partial charge on any atom is 0.253 e. The first kappa shape index (κ1) is 21.7. The van der Waals surface area contributed by atoms with Crippen LogP contribution in [0.2, 0.25) is 5.02 Å². The Balaban J connectivity index is 1.79. The van der Waals surface area contributed by atoms with Crippen molar-refractivity contribution in [3.05, 3.63) is 34.9 Å². The first-order valence-corrected chi connectivity index (χ1v) is 10.3. The van der Waals surface area contributed by atoms with Gasteiger partial charge in [0.05, 0.1) is 10.6 Å². The maximum atomic E-state index is 12.6. The van der Waals surface area contributed by atoms with E-state index in [4.69, 9.17) is 11.6 Å². The number of hydrogen-bond donors (Lipinski definition) is 2. The number of nitrogens with one attached hydrogen (secondary N) is 2. The Morgan fingerprint density at radius 2 is 1.89 bits per heavy atom. The zero-order chi connectivity index (χ0) is 19.8. The van der Waals surface area contributed by atoms with Crippen molar-refractivity contribution in [1.82, 2.24) is 15.5 Å². The highest BCUT2D eigenvalue weighted by molar-refractivity contribution is 6.33. The van der Waals surface area contributed by atoms with E-state index in [1.54, 1.807) is 24.3 Å². The molecule has 0 aromatic heterocycles. The van der Waals surface area contributed by atoms with Crippen LogP contribution in [0.3, 0.4) is 0 Å². The summed E-state index contributed by atoms with van der Waals surface area (Å²) in [4.78, 5) is 27.5. The molecule has 27 heavy (non-hydrogen) atoms. The molecule has 6 heteroatoms. The summed E-state index contributed by atoms with van der Waals surface area (Å²) >= 11 is 6.08. The lowest BCUT2D eigenvalue weighted by molar-refractivity contribution is -0.123. The Labute approximate surface area is 167 Å². The zero-order valence-electron chi connectivity index (χ0n) is 16.6. The van der Waals surface area contributed by atoms with Crippen LogP contribution in [0.4, 0.5) is 0 Å². The lowest BCUT2D eigenvalue weighted by Crippen LogP contribution is -2.50. The van der Waals surface area contributed by atoms with Crippen LogP contribution in [0.1, 0.15) is 50.4 Å². The molecule has 5 nitrogen and oxygen atoms in total. The summed E-state index contributed by atoms with van der Waals surface area (Å²) in [5, 5.41) is 6.18. The van der Waals surface area contributed by atoms with Gasteiger partial charge in [0, 0.05) is 6.54 Å². The minimum absolute atomic E-state index is 0.0139. The van der Waals surface area contributed by atoms with Crippen molar-refractivity contribution in [2.75, 3.05) is 26.2 Å². The highest BCUT2D eigenvalue weighted by atomic mass is 35.5. The SMILES string of the molecule is CC1CCN(CCCNC(=O)C(NC(=O)c2ccccc2Cl)C(C)C)CC1. The number of piperidine rings is 1. The number of carbonyl (C=O) groups is 2. The molecule has 0 radical (unpaired) electrons. The lowest BCUT2D eigenvalue weighted by atomic mass is 9.99. The predicted octanol–water partition coefficient (Wildman–Crippen LogP) is 3.33. The zero-order valence-corrected chi connectivity index (χ0v) is 17.4. The van der Waals surface area contributed by atoms with Crippen molar-refractivity contribution in [3.8, 4) is 0 Å². The lowest BCUT2D eigenvalue weighted by Gasteiger charge is -2.30. The largest absolute Gasteiger partial charge is 0.354 e. The van der Waals surface area contributed by atoms with Crippen molar-refractivity contribution in [2.24, 2.45) is 11.8 Å². The van der Waals surface area contributed by atoms with Gasteiger partial charge in [-0.3, -0.25) is 9.59 Å². The first-order chi connectivity index (χ1) is 12.9. The van der Waals surface area contributed by atoms with Crippen LogP contribution in [0.25, 0.3) is 0 Å². The van der Waals surface area contributed by atoms with Crippen LogP contribution in [0, 0.1) is 11.8 Å². The fraction of sp³-hybridized carbons (Fsp3) is 0.619. The minimum atomic E-state index is -0.579. The number of rotatable bonds is 8. The number of nitrogens with zero attached hydrogens (tertiary/aromatic N) is 1. The van der Waals surface area contributed by atoms with Gasteiger partial charge >= 0.3 is 0 Å². The van der Waals surface area contributed by atoms with Gasteiger partial charge < -0.3 is 15.5 Å². The van der Waals surface area contributed by atoms with Gasteiger partial charge in [0.2, 0.25) is 5.91 Å². The van der Waals surface area contributed by atoms with Gasteiger partial charge in [-0.15, -0.1) is 0 Å². The second-order valence-electron chi connectivity index (χ2n) is 7.84. The number of amides is 2. The normalized spacial score (nSPS) is 16.9. The van der Waals surface area contributed by atoms with Crippen molar-refractivity contribution in [3.63, 3.8) is 0 Å². The van der Waals surface area contributed by atoms with Gasteiger partial charge in [0.15, 0.2) is 0 Å². The van der Waals surface area contributed by atoms with Crippen LogP contribution in [-0.2, 0) is 4.79 Å². The summed E-state index contributed by atoms with van der Waals surface area (Å²) < 4.78 is 0. The van der Waals surface area contributed by atoms with Gasteiger partial charge in [-0.25, -0.2) is 0 Å². The van der Waals surface area contributed by atoms with E-state index in [9.17, 15) is 9.59 Å². The molecule has 1 saturated heterocycles. The van der Waals surface area contributed by atoms with E-state index in [-0.39, 0.29) is 17.7 Å². The Kier molecular flexibility index (Phi) is 8.58. The van der Waals surface area contributed by atoms with E-state index in [0.717, 1.165) is 32.0 Å². The highest BCUT2D eigenvalue weighted by Crippen LogP contribution is 2.16. The smallest absolute Gasteiger partial charge is 0.253 e. The molecule has 0 bridgehead atoms. The van der Waals surface area contributed by atoms with Gasteiger partial charge in [0.1, 0.15) is 6.04 Å². The average molecular weight is 394 g/mol. The second-order valence-corrected chi connectivity index (χ2v) is 8.25. The van der Waals surface area contributed by atoms with Crippen LogP contribution in [-0.4, -0.2) is 48.9 Å². The summed E-state index contributed by atoms with van der Waals surface area (Å²) in [6.07, 6.45) is 3.44. The summed E-state index contributed by atoms with van der Waals surface area (Å²) in [5.74, 6) is 0.351. The minimum Gasteiger partial charge on any atom is -0.354 e. The van der Waals surface area contributed by atoms with Crippen LogP contribution in [0.5, 0.6) is 0 Å². The molecule has 2 rings (SSSR count). The quantitative estimate of drug-likeness (QED) is 0.666. The molecule has 2 amide bonds. The van der Waals surface area contributed by atoms with E-state index in [1.807, 2.05) is 13.8 Å². The topological polar surface area (TPSA) is 61.4 Å². The van der Waals surface area contributed by atoms with Gasteiger partial charge in [-0.05, 0) is 62.9 Å². The van der Waals surface area contributed by atoms with Crippen LogP contribution in [0.15, 0.2) is 24.3 Å². The van der Waals surface area contributed by atoms with Crippen molar-refractivity contribution in [2.45, 2.75) is 46.1 Å². The van der Waals surface area contributed by atoms with Gasteiger partial charge in [0.25, 0.3) is 5.91 Å². The molecule has 0 aliphatic carbocycles. The molecule has 1 atom stereocenters. The van der Waals surface area contributed by atoms with Crippen molar-refractivity contribution in [1.29, 1.82) is 0 Å². The fourth-order valence-corrected chi connectivity index (χ4v) is 3.53. The molecule has 2 N–H and O–H groups in total. The van der Waals surface area contributed by atoms with E-state index in [2.05, 4.69) is 22.5 Å². The van der Waals surface area contributed by atoms with E-state index in [0.29, 0.717) is 17.1 Å². The summed E-state index contributed by atoms with van der Waals surface area (Å²) in [7, 11) is 0. The van der Waals surface area contributed by atoms with Crippen LogP contribution < -0.4 is 10.6 Å². The molecule has 150 valence electrons. The fourth-order valence-electron chi connectivity index (χ4n) is 3.31. The number of hydrogen-bond acceptors (Lipinski definition) is 3. The Bertz CT molecular complexity index is 628. The Hall–Kier alpha value is -1.59. The number of halogens is 1. The third-order valence-electron chi connectivity index (χ3n) is 5.18. The maximum absolute atomic E-state index is 12.6. The third-order valence-corrected chi connectivity index (χ3v) is 5.51. The van der Waals surface area contributed by atoms with E-state index < -0.39 is 6.04 Å². The molecule has 0 spiro atoms. The molecule has 1 aromatic carbocycles. The molecule has 0 saturated carbocycles. The third kappa shape index (κ3) is 6.82. The van der Waals surface area contributed by atoms with Crippen molar-refractivity contribution < 1.29 is 9.59 Å². The molecule has 1 fully saturated rings. The summed E-state index contributed by atoms with van der Waals surface area (Å²) in [6.45, 7) is 10.1. The molecular formula is C21H32ClN3O2. The van der Waals surface area contributed by atoms with Crippen molar-refractivity contribution >= 4 is 23.4 Å². The van der Waals surface area contributed by atoms with Gasteiger partial charge in [-0.1, -0.05) is 44.5 Å². The number of benzene rings is 1. The van der Waals surface area contributed by atoms with Crippen LogP contribution >= 0.6 is 11.6 Å². The monoisotopic (exact) mass is 393 g/mol. The second kappa shape index (κ2) is 10.7. The predicted molar refractivity (Wildman–Crippen MR) is 110 cm³/mol. The molecular weight excluding hydrogens is 362 g/mol. The van der Waals surface area contributed by atoms with E-state index >= 15 is 0 Å². The molecule has 1 aliphatic rings. The highest BCUT2D eigenvalue weighted by Gasteiger charge is 2.25. The number of likely N-dealkylation sites (tertiary alicyclic amines) is 1. The molecule has 1 aromatic rings. The summed E-state index contributed by atoms with van der Waals surface area (Å²) in [5.41, 5.74) is 0.386. The first-order valence-electron chi connectivity index (χ1n) is 9.94. The molecule has 1 heterocycles. The standard InChI is InChI=1S/C21H32ClN3O2/c1-15(2)19(24-20(26)17-7-4-5-8-18(17)22)21(27)23-11-6-12-25-13-9-16(3)10-14-25/h4-5,7-8,15-16,19H,6,9-14H2,1-3H3,(H,23,27)(H,24,26). The molecule has 1 unspecified atom stereocenters. The van der Waals surface area contributed by atoms with Gasteiger partial charge in [-0.2, -0.15) is 0 Å².